The van der Waals surface area contributed by atoms with Crippen molar-refractivity contribution >= 4 is 11.9 Å². The van der Waals surface area contributed by atoms with Crippen LogP contribution in [0.2, 0.25) is 0 Å². The number of hydrazone groups is 1. The number of methoxy groups -OCH3 is 2. The van der Waals surface area contributed by atoms with Gasteiger partial charge in [0, 0.05) is 5.56 Å². The Morgan fingerprint density at radius 3 is 2.26 bits per heavy atom. The smallest absolute Gasteiger partial charge is 0.416 e. The van der Waals surface area contributed by atoms with E-state index in [2.05, 4.69) is 10.5 Å². The highest BCUT2D eigenvalue weighted by Crippen LogP contribution is 2.30. The van der Waals surface area contributed by atoms with Crippen molar-refractivity contribution in [1.29, 1.82) is 0 Å². The number of hydrogen-bond acceptors (Lipinski definition) is 4. The molecule has 4 nitrogen and oxygen atoms in total. The van der Waals surface area contributed by atoms with Crippen LogP contribution >= 0.6 is 0 Å². The van der Waals surface area contributed by atoms with Crippen LogP contribution in [0.25, 0.3) is 0 Å². The van der Waals surface area contributed by atoms with E-state index in [-0.39, 0.29) is 0 Å². The van der Waals surface area contributed by atoms with E-state index in [0.717, 1.165) is 12.1 Å². The Morgan fingerprint density at radius 1 is 1.00 bits per heavy atom. The fourth-order valence-electron chi connectivity index (χ4n) is 1.92. The van der Waals surface area contributed by atoms with Crippen LogP contribution in [0.1, 0.15) is 11.1 Å². The van der Waals surface area contributed by atoms with E-state index in [1.807, 2.05) is 0 Å². The first-order chi connectivity index (χ1) is 11.0. The van der Waals surface area contributed by atoms with Crippen molar-refractivity contribution in [2.24, 2.45) is 5.10 Å². The minimum Gasteiger partial charge on any atom is -0.493 e. The van der Waals surface area contributed by atoms with Gasteiger partial charge in [-0.15, -0.1) is 0 Å². The number of benzene rings is 2. The summed E-state index contributed by atoms with van der Waals surface area (Å²) >= 11 is 0. The number of halogens is 3. The molecule has 0 aromatic heterocycles. The average Bonchev–Trinajstić information content (AvgIpc) is 2.54. The van der Waals surface area contributed by atoms with Gasteiger partial charge in [-0.05, 0) is 36.4 Å². The van der Waals surface area contributed by atoms with Crippen LogP contribution in [0, 0.1) is 0 Å². The first-order valence-corrected chi connectivity index (χ1v) is 6.63. The van der Waals surface area contributed by atoms with E-state index < -0.39 is 11.7 Å². The van der Waals surface area contributed by atoms with Crippen molar-refractivity contribution in [1.82, 2.24) is 0 Å². The lowest BCUT2D eigenvalue weighted by Crippen LogP contribution is -2.04. The number of para-hydroxylation sites is 1. The molecule has 0 amide bonds. The van der Waals surface area contributed by atoms with Gasteiger partial charge in [0.05, 0.1) is 31.7 Å². The molecule has 0 aliphatic carbocycles. The van der Waals surface area contributed by atoms with E-state index in [0.29, 0.717) is 22.7 Å². The summed E-state index contributed by atoms with van der Waals surface area (Å²) in [5, 5.41) is 4.00. The number of ether oxygens (including phenoxy) is 2. The molecule has 0 saturated heterocycles. The van der Waals surface area contributed by atoms with Crippen LogP contribution in [-0.4, -0.2) is 20.4 Å². The molecule has 2 aromatic carbocycles. The van der Waals surface area contributed by atoms with Crippen molar-refractivity contribution in [3.63, 3.8) is 0 Å². The number of anilines is 1. The summed E-state index contributed by atoms with van der Waals surface area (Å²) in [6.07, 6.45) is -2.85. The van der Waals surface area contributed by atoms with Crippen LogP contribution in [0.5, 0.6) is 11.5 Å². The van der Waals surface area contributed by atoms with E-state index in [1.54, 1.807) is 18.2 Å². The van der Waals surface area contributed by atoms with Crippen LogP contribution in [-0.2, 0) is 6.18 Å². The predicted octanol–water partition coefficient (Wildman–Crippen LogP) is 4.17. The standard InChI is InChI=1S/C16H15F3N2O2/c1-22-14-5-3-4-11(15(14)23-2)10-20-21-13-8-6-12(7-9-13)16(17,18)19/h3-10,21H,1-2H3. The lowest BCUT2D eigenvalue weighted by Gasteiger charge is -2.09. The SMILES string of the molecule is COc1cccc(C=NNc2ccc(C(F)(F)F)cc2)c1OC. The zero-order valence-electron chi connectivity index (χ0n) is 12.5. The molecular weight excluding hydrogens is 309 g/mol. The Bertz CT molecular complexity index is 683. The maximum Gasteiger partial charge on any atom is 0.416 e. The second-order valence-corrected chi connectivity index (χ2v) is 4.53. The topological polar surface area (TPSA) is 42.8 Å². The number of rotatable bonds is 5. The van der Waals surface area contributed by atoms with Gasteiger partial charge >= 0.3 is 6.18 Å². The summed E-state index contributed by atoms with van der Waals surface area (Å²) in [5.74, 6) is 1.08. The monoisotopic (exact) mass is 324 g/mol. The third-order valence-corrected chi connectivity index (χ3v) is 3.04. The Morgan fingerprint density at radius 2 is 1.70 bits per heavy atom. The summed E-state index contributed by atoms with van der Waals surface area (Å²) in [4.78, 5) is 0. The van der Waals surface area contributed by atoms with E-state index in [1.165, 1.54) is 32.6 Å². The van der Waals surface area contributed by atoms with E-state index in [9.17, 15) is 13.2 Å². The van der Waals surface area contributed by atoms with Crippen LogP contribution in [0.3, 0.4) is 0 Å². The highest BCUT2D eigenvalue weighted by atomic mass is 19.4. The number of hydrogen-bond donors (Lipinski definition) is 1. The second kappa shape index (κ2) is 7.04. The average molecular weight is 324 g/mol. The van der Waals surface area contributed by atoms with Gasteiger partial charge < -0.3 is 9.47 Å². The predicted molar refractivity (Wildman–Crippen MR) is 82.2 cm³/mol. The summed E-state index contributed by atoms with van der Waals surface area (Å²) < 4.78 is 47.8. The Kier molecular flexibility index (Phi) is 5.10. The molecule has 1 N–H and O–H groups in total. The van der Waals surface area contributed by atoms with Crippen LogP contribution < -0.4 is 14.9 Å². The van der Waals surface area contributed by atoms with Crippen molar-refractivity contribution < 1.29 is 22.6 Å². The van der Waals surface area contributed by atoms with Gasteiger partial charge in [-0.2, -0.15) is 18.3 Å². The molecule has 0 saturated carbocycles. The molecule has 23 heavy (non-hydrogen) atoms. The molecule has 0 aliphatic heterocycles. The summed E-state index contributed by atoms with van der Waals surface area (Å²) in [5.41, 5.74) is 3.07. The zero-order chi connectivity index (χ0) is 16.9. The molecule has 2 aromatic rings. The Hall–Kier alpha value is -2.70. The van der Waals surface area contributed by atoms with E-state index in [4.69, 9.17) is 9.47 Å². The number of nitrogens with one attached hydrogen (secondary N) is 1. The van der Waals surface area contributed by atoms with Gasteiger partial charge in [0.25, 0.3) is 0 Å². The molecule has 7 heteroatoms. The molecule has 0 heterocycles. The quantitative estimate of drug-likeness (QED) is 0.663. The first kappa shape index (κ1) is 16.7. The van der Waals surface area contributed by atoms with Gasteiger partial charge in [0.2, 0.25) is 0 Å². The Labute approximate surface area is 131 Å². The van der Waals surface area contributed by atoms with Crippen LogP contribution in [0.15, 0.2) is 47.6 Å². The summed E-state index contributed by atoms with van der Waals surface area (Å²) in [6, 6.07) is 9.90. The van der Waals surface area contributed by atoms with Gasteiger partial charge in [0.15, 0.2) is 11.5 Å². The highest BCUT2D eigenvalue weighted by Gasteiger charge is 2.29. The molecular formula is C16H15F3N2O2. The largest absolute Gasteiger partial charge is 0.493 e. The summed E-state index contributed by atoms with van der Waals surface area (Å²) in [7, 11) is 3.04. The van der Waals surface area contributed by atoms with Crippen LogP contribution in [0.4, 0.5) is 18.9 Å². The zero-order valence-corrected chi connectivity index (χ0v) is 12.5. The van der Waals surface area contributed by atoms with Gasteiger partial charge in [-0.1, -0.05) is 6.07 Å². The fraction of sp³-hybridized carbons (Fsp3) is 0.188. The molecule has 122 valence electrons. The minimum atomic E-state index is -4.35. The maximum atomic E-state index is 12.5. The molecule has 0 radical (unpaired) electrons. The molecule has 0 aliphatic rings. The van der Waals surface area contributed by atoms with Crippen molar-refractivity contribution in [2.75, 3.05) is 19.6 Å². The van der Waals surface area contributed by atoms with Crippen molar-refractivity contribution in [3.8, 4) is 11.5 Å². The van der Waals surface area contributed by atoms with Crippen molar-refractivity contribution in [2.45, 2.75) is 6.18 Å². The molecule has 2 rings (SSSR count). The third-order valence-electron chi connectivity index (χ3n) is 3.04. The lowest BCUT2D eigenvalue weighted by molar-refractivity contribution is -0.137. The van der Waals surface area contributed by atoms with Crippen molar-refractivity contribution in [3.05, 3.63) is 53.6 Å². The van der Waals surface area contributed by atoms with Gasteiger partial charge in [-0.25, -0.2) is 0 Å². The molecule has 0 spiro atoms. The lowest BCUT2D eigenvalue weighted by atomic mass is 10.2. The highest BCUT2D eigenvalue weighted by molar-refractivity contribution is 5.85. The Balaban J connectivity index is 2.10. The summed E-state index contributed by atoms with van der Waals surface area (Å²) in [6.45, 7) is 0. The number of nitrogens with zero attached hydrogens (tertiary/aromatic N) is 1. The fourth-order valence-corrected chi connectivity index (χ4v) is 1.92. The van der Waals surface area contributed by atoms with Gasteiger partial charge in [-0.3, -0.25) is 5.43 Å². The van der Waals surface area contributed by atoms with Gasteiger partial charge in [0.1, 0.15) is 0 Å². The minimum absolute atomic E-state index is 0.441. The molecule has 0 unspecified atom stereocenters. The number of alkyl halides is 3. The normalized spacial score (nSPS) is 11.5. The first-order valence-electron chi connectivity index (χ1n) is 6.63. The molecule has 0 atom stereocenters. The van der Waals surface area contributed by atoms with E-state index >= 15 is 0 Å². The second-order valence-electron chi connectivity index (χ2n) is 4.53. The molecule has 0 fully saturated rings. The molecule has 0 bridgehead atoms. The maximum absolute atomic E-state index is 12.5. The third kappa shape index (κ3) is 4.15.